The van der Waals surface area contributed by atoms with Crippen molar-refractivity contribution in [1.29, 1.82) is 0 Å². The van der Waals surface area contributed by atoms with Crippen molar-refractivity contribution in [3.8, 4) is 5.75 Å². The van der Waals surface area contributed by atoms with Gasteiger partial charge in [-0.1, -0.05) is 45.0 Å². The third kappa shape index (κ3) is 9.17. The molecule has 0 saturated carbocycles. The lowest BCUT2D eigenvalue weighted by Crippen LogP contribution is -2.42. The number of aliphatic imine (C=N–C) groups is 1. The summed E-state index contributed by atoms with van der Waals surface area (Å²) in [7, 11) is 0. The SMILES string of the molecule is CC(C)(C)C(N)=CC(=Nc1cn(CCOC2CCCCO2)cn1)NC(=O)NC1CCC(Oc2ccc3nnc(N4CCCCC4)n3c2)c2ccccc21. The number of carbonyl (C=O) groups is 1. The first-order valence-electron chi connectivity index (χ1n) is 18.9. The van der Waals surface area contributed by atoms with Gasteiger partial charge in [-0.2, -0.15) is 0 Å². The van der Waals surface area contributed by atoms with Crippen LogP contribution in [-0.4, -0.2) is 68.6 Å². The average Bonchev–Trinajstić information content (AvgIpc) is 3.79. The molecule has 4 N–H and O–H groups in total. The molecule has 2 fully saturated rings. The number of allylic oxidation sites excluding steroid dienone is 1. The number of ether oxygens (including phenoxy) is 3. The van der Waals surface area contributed by atoms with E-state index in [4.69, 9.17) is 19.9 Å². The Morgan fingerprint density at radius 1 is 1.02 bits per heavy atom. The van der Waals surface area contributed by atoms with Gasteiger partial charge in [0.1, 0.15) is 17.7 Å². The van der Waals surface area contributed by atoms with Crippen molar-refractivity contribution in [3.63, 3.8) is 0 Å². The van der Waals surface area contributed by atoms with Crippen LogP contribution in [0, 0.1) is 5.41 Å². The highest BCUT2D eigenvalue weighted by atomic mass is 16.7. The highest BCUT2D eigenvalue weighted by molar-refractivity contribution is 6.05. The number of rotatable bonds is 10. The van der Waals surface area contributed by atoms with E-state index in [-0.39, 0.29) is 29.9 Å². The van der Waals surface area contributed by atoms with Gasteiger partial charge in [-0.05, 0) is 74.6 Å². The van der Waals surface area contributed by atoms with Crippen LogP contribution in [0.25, 0.3) is 5.65 Å². The fourth-order valence-electron chi connectivity index (χ4n) is 6.98. The summed E-state index contributed by atoms with van der Waals surface area (Å²) in [5.41, 5.74) is 9.54. The predicted molar refractivity (Wildman–Crippen MR) is 203 cm³/mol. The molecule has 2 aliphatic heterocycles. The zero-order chi connectivity index (χ0) is 36.8. The number of aromatic nitrogens is 5. The maximum Gasteiger partial charge on any atom is 0.320 e. The molecule has 0 radical (unpaired) electrons. The molecule has 14 nitrogen and oxygen atoms in total. The van der Waals surface area contributed by atoms with E-state index in [1.165, 1.54) is 6.42 Å². The molecule has 2 saturated heterocycles. The standard InChI is InChI=1S/C39H52N10O4/c1-39(2,3)32(40)23-33(43-34-25-47(26-41-34)20-22-52-36-13-7-10-21-51-36)44-37(50)42-30-15-16-31(29-12-6-5-11-28(29)30)53-27-14-17-35-45-46-38(49(35)24-27)48-18-8-4-9-19-48/h5-6,11-12,14,17,23-26,30-31,36H,4,7-10,13,15-16,18-22,40H2,1-3H3,(H2,42,43,44,50). The summed E-state index contributed by atoms with van der Waals surface area (Å²) in [5.74, 6) is 2.35. The van der Waals surface area contributed by atoms with Crippen molar-refractivity contribution < 1.29 is 19.0 Å². The lowest BCUT2D eigenvalue weighted by Gasteiger charge is -2.32. The summed E-state index contributed by atoms with van der Waals surface area (Å²) >= 11 is 0. The molecule has 282 valence electrons. The molecule has 14 heteroatoms. The molecule has 53 heavy (non-hydrogen) atoms. The number of carbonyl (C=O) groups excluding carboxylic acids is 1. The minimum Gasteiger partial charge on any atom is -0.484 e. The summed E-state index contributed by atoms with van der Waals surface area (Å²) in [6.07, 6.45) is 15.0. The minimum atomic E-state index is -0.385. The minimum absolute atomic E-state index is 0.146. The van der Waals surface area contributed by atoms with Gasteiger partial charge in [-0.25, -0.2) is 14.8 Å². The van der Waals surface area contributed by atoms with E-state index in [2.05, 4.69) is 47.8 Å². The fraction of sp³-hybridized carbons (Fsp3) is 0.513. The van der Waals surface area contributed by atoms with Crippen LogP contribution in [0.2, 0.25) is 0 Å². The second-order valence-electron chi connectivity index (χ2n) is 15.1. The van der Waals surface area contributed by atoms with Gasteiger partial charge in [0.05, 0.1) is 25.2 Å². The Bertz CT molecular complexity index is 1920. The number of nitrogens with zero attached hydrogens (tertiary/aromatic N) is 7. The summed E-state index contributed by atoms with van der Waals surface area (Å²) in [5, 5.41) is 15.0. The molecule has 3 unspecified atom stereocenters. The van der Waals surface area contributed by atoms with E-state index in [0.29, 0.717) is 43.3 Å². The Balaban J connectivity index is 1.02. The van der Waals surface area contributed by atoms with Gasteiger partial charge in [-0.15, -0.1) is 10.2 Å². The van der Waals surface area contributed by atoms with Crippen LogP contribution in [0.4, 0.5) is 16.6 Å². The van der Waals surface area contributed by atoms with Crippen LogP contribution in [0.3, 0.4) is 0 Å². The number of amidine groups is 1. The van der Waals surface area contributed by atoms with Gasteiger partial charge in [0.25, 0.3) is 0 Å². The largest absolute Gasteiger partial charge is 0.484 e. The van der Waals surface area contributed by atoms with Gasteiger partial charge in [0, 0.05) is 49.6 Å². The zero-order valence-corrected chi connectivity index (χ0v) is 31.0. The first kappa shape index (κ1) is 36.4. The molecule has 2 amide bonds. The number of nitrogens with two attached hydrogens (primary N) is 1. The third-order valence-electron chi connectivity index (χ3n) is 10.1. The molecule has 4 aromatic rings. The summed E-state index contributed by atoms with van der Waals surface area (Å²) in [4.78, 5) is 25.0. The number of urea groups is 1. The molecule has 7 rings (SSSR count). The van der Waals surface area contributed by atoms with Gasteiger partial charge in [0.15, 0.2) is 17.8 Å². The molecule has 5 heterocycles. The van der Waals surface area contributed by atoms with Crippen molar-refractivity contribution in [2.45, 2.75) is 97.1 Å². The van der Waals surface area contributed by atoms with Crippen LogP contribution in [0.1, 0.15) is 95.4 Å². The number of hydrogen-bond donors (Lipinski definition) is 3. The summed E-state index contributed by atoms with van der Waals surface area (Å²) in [6, 6.07) is 11.4. The van der Waals surface area contributed by atoms with Crippen molar-refractivity contribution in [2.24, 2.45) is 16.1 Å². The van der Waals surface area contributed by atoms with Gasteiger partial charge in [-0.3, -0.25) is 9.72 Å². The average molecular weight is 725 g/mol. The predicted octanol–water partition coefficient (Wildman–Crippen LogP) is 6.33. The normalized spacial score (nSPS) is 21.3. The number of fused-ring (bicyclic) bond motifs is 2. The second kappa shape index (κ2) is 16.4. The third-order valence-corrected chi connectivity index (χ3v) is 10.1. The zero-order valence-electron chi connectivity index (χ0n) is 31.0. The Morgan fingerprint density at radius 3 is 2.64 bits per heavy atom. The topological polar surface area (TPSA) is 158 Å². The first-order valence-corrected chi connectivity index (χ1v) is 18.9. The van der Waals surface area contributed by atoms with Crippen molar-refractivity contribution >= 4 is 29.3 Å². The highest BCUT2D eigenvalue weighted by Crippen LogP contribution is 2.39. The lowest BCUT2D eigenvalue weighted by molar-refractivity contribution is -0.163. The number of imidazole rings is 1. The molecule has 1 aromatic carbocycles. The van der Waals surface area contributed by atoms with E-state index in [9.17, 15) is 4.79 Å². The van der Waals surface area contributed by atoms with Gasteiger partial charge in [0.2, 0.25) is 5.95 Å². The number of anilines is 1. The van der Waals surface area contributed by atoms with Crippen LogP contribution < -0.4 is 26.0 Å². The molecular weight excluding hydrogens is 672 g/mol. The number of nitrogens with one attached hydrogen (secondary N) is 2. The summed E-state index contributed by atoms with van der Waals surface area (Å²) < 4.78 is 22.1. The quantitative estimate of drug-likeness (QED) is 0.126. The molecule has 1 aliphatic carbocycles. The van der Waals surface area contributed by atoms with Crippen molar-refractivity contribution in [2.75, 3.05) is 31.2 Å². The van der Waals surface area contributed by atoms with Crippen LogP contribution >= 0.6 is 0 Å². The molecular formula is C39H52N10O4. The molecule has 3 aliphatic rings. The molecule has 0 spiro atoms. The Kier molecular flexibility index (Phi) is 11.3. The Labute approximate surface area is 310 Å². The first-order chi connectivity index (χ1) is 25.7. The smallest absolute Gasteiger partial charge is 0.320 e. The fourth-order valence-corrected chi connectivity index (χ4v) is 6.98. The number of pyridine rings is 1. The Morgan fingerprint density at radius 2 is 1.85 bits per heavy atom. The number of hydrogen-bond acceptors (Lipinski definition) is 10. The van der Waals surface area contributed by atoms with E-state index in [1.807, 2.05) is 66.4 Å². The molecule has 3 aromatic heterocycles. The Hall–Kier alpha value is -4.95. The van der Waals surface area contributed by atoms with Gasteiger partial charge >= 0.3 is 6.03 Å². The number of benzene rings is 1. The van der Waals surface area contributed by atoms with E-state index >= 15 is 0 Å². The monoisotopic (exact) mass is 724 g/mol. The van der Waals surface area contributed by atoms with E-state index < -0.39 is 0 Å². The number of amides is 2. The van der Waals surface area contributed by atoms with Crippen molar-refractivity contribution in [3.05, 3.63) is 78.0 Å². The maximum absolute atomic E-state index is 13.6. The lowest BCUT2D eigenvalue weighted by atomic mass is 9.85. The number of piperidine rings is 1. The van der Waals surface area contributed by atoms with Crippen LogP contribution in [0.5, 0.6) is 5.75 Å². The van der Waals surface area contributed by atoms with Crippen LogP contribution in [0.15, 0.2) is 71.9 Å². The molecule has 3 atom stereocenters. The van der Waals surface area contributed by atoms with E-state index in [0.717, 1.165) is 80.3 Å². The van der Waals surface area contributed by atoms with E-state index in [1.54, 1.807) is 12.4 Å². The second-order valence-corrected chi connectivity index (χ2v) is 15.1. The van der Waals surface area contributed by atoms with Crippen molar-refractivity contribution in [1.82, 2.24) is 34.8 Å². The van der Waals surface area contributed by atoms with Gasteiger partial charge < -0.3 is 34.7 Å². The maximum atomic E-state index is 13.6. The van der Waals surface area contributed by atoms with Crippen LogP contribution in [-0.2, 0) is 16.0 Å². The summed E-state index contributed by atoms with van der Waals surface area (Å²) in [6.45, 7) is 9.84. The highest BCUT2D eigenvalue weighted by Gasteiger charge is 2.30. The molecule has 0 bridgehead atoms.